The molecule has 1 fully saturated rings. The zero-order valence-corrected chi connectivity index (χ0v) is 12.9. The molecule has 0 spiro atoms. The van der Waals surface area contributed by atoms with Crippen LogP contribution < -0.4 is 11.1 Å². The van der Waals surface area contributed by atoms with Gasteiger partial charge in [-0.05, 0) is 30.7 Å². The molecule has 0 aliphatic carbocycles. The van der Waals surface area contributed by atoms with Gasteiger partial charge in [0.05, 0.1) is 0 Å². The summed E-state index contributed by atoms with van der Waals surface area (Å²) < 4.78 is 0. The summed E-state index contributed by atoms with van der Waals surface area (Å²) in [5, 5.41) is 12.7. The fraction of sp³-hybridized carbons (Fsp3) is 0.647. The minimum absolute atomic E-state index is 0.301. The van der Waals surface area contributed by atoms with Crippen LogP contribution in [0, 0.1) is 5.92 Å². The Labute approximate surface area is 128 Å². The zero-order valence-electron chi connectivity index (χ0n) is 12.9. The maximum Gasteiger partial charge on any atom is 0.0431 e. The lowest BCUT2D eigenvalue weighted by Gasteiger charge is -2.38. The van der Waals surface area contributed by atoms with E-state index >= 15 is 0 Å². The van der Waals surface area contributed by atoms with Gasteiger partial charge in [-0.25, -0.2) is 0 Å². The van der Waals surface area contributed by atoms with Gasteiger partial charge in [-0.15, -0.1) is 0 Å². The van der Waals surface area contributed by atoms with Crippen LogP contribution >= 0.6 is 0 Å². The first kappa shape index (κ1) is 16.4. The molecule has 4 heteroatoms. The first-order chi connectivity index (χ1) is 10.3. The van der Waals surface area contributed by atoms with Gasteiger partial charge in [0, 0.05) is 45.4 Å². The van der Waals surface area contributed by atoms with Gasteiger partial charge in [0.25, 0.3) is 0 Å². The first-order valence-electron chi connectivity index (χ1n) is 8.12. The number of likely N-dealkylation sites (tertiary alicyclic amines) is 1. The molecule has 21 heavy (non-hydrogen) atoms. The van der Waals surface area contributed by atoms with Crippen LogP contribution in [0.15, 0.2) is 30.3 Å². The van der Waals surface area contributed by atoms with E-state index in [0.29, 0.717) is 18.6 Å². The van der Waals surface area contributed by atoms with E-state index in [1.807, 2.05) is 0 Å². The van der Waals surface area contributed by atoms with Crippen molar-refractivity contribution in [3.63, 3.8) is 0 Å². The molecule has 0 bridgehead atoms. The van der Waals surface area contributed by atoms with Crippen molar-refractivity contribution in [3.8, 4) is 0 Å². The normalized spacial score (nSPS) is 23.3. The average Bonchev–Trinajstić information content (AvgIpc) is 2.52. The molecule has 0 radical (unpaired) electrons. The number of hydrogen-bond donors (Lipinski definition) is 3. The highest BCUT2D eigenvalue weighted by Gasteiger charge is 2.26. The summed E-state index contributed by atoms with van der Waals surface area (Å²) in [6.45, 7) is 5.13. The van der Waals surface area contributed by atoms with Crippen molar-refractivity contribution in [2.24, 2.45) is 11.7 Å². The number of aliphatic hydroxyl groups excluding tert-OH is 1. The van der Waals surface area contributed by atoms with Crippen LogP contribution in [0.3, 0.4) is 0 Å². The van der Waals surface area contributed by atoms with Crippen molar-refractivity contribution in [1.29, 1.82) is 0 Å². The van der Waals surface area contributed by atoms with Crippen molar-refractivity contribution in [2.75, 3.05) is 32.8 Å². The maximum atomic E-state index is 9.03. The second-order valence-corrected chi connectivity index (χ2v) is 6.08. The summed E-state index contributed by atoms with van der Waals surface area (Å²) in [5.41, 5.74) is 7.05. The summed E-state index contributed by atoms with van der Waals surface area (Å²) in [5.74, 6) is 0.672. The second-order valence-electron chi connectivity index (χ2n) is 6.08. The SMILES string of the molecule is NCCN1CC(CCCO)CC(NCc2ccccc2)C1. The average molecular weight is 291 g/mol. The van der Waals surface area contributed by atoms with Crippen LogP contribution in [0.1, 0.15) is 24.8 Å². The Kier molecular flexibility index (Phi) is 7.16. The van der Waals surface area contributed by atoms with E-state index in [4.69, 9.17) is 10.8 Å². The Bertz CT molecular complexity index is 385. The number of benzene rings is 1. The fourth-order valence-corrected chi connectivity index (χ4v) is 3.26. The molecule has 118 valence electrons. The molecule has 0 amide bonds. The molecule has 1 aromatic rings. The van der Waals surface area contributed by atoms with Gasteiger partial charge in [0.1, 0.15) is 0 Å². The molecular weight excluding hydrogens is 262 g/mol. The summed E-state index contributed by atoms with van der Waals surface area (Å²) >= 11 is 0. The van der Waals surface area contributed by atoms with E-state index in [1.165, 1.54) is 12.0 Å². The van der Waals surface area contributed by atoms with Crippen LogP contribution in [0.5, 0.6) is 0 Å². The molecule has 0 saturated carbocycles. The summed E-state index contributed by atoms with van der Waals surface area (Å²) in [7, 11) is 0. The fourth-order valence-electron chi connectivity index (χ4n) is 3.26. The molecule has 2 rings (SSSR count). The summed E-state index contributed by atoms with van der Waals surface area (Å²) in [6, 6.07) is 11.1. The van der Waals surface area contributed by atoms with Crippen molar-refractivity contribution in [2.45, 2.75) is 31.8 Å². The van der Waals surface area contributed by atoms with Crippen molar-refractivity contribution < 1.29 is 5.11 Å². The topological polar surface area (TPSA) is 61.5 Å². The molecule has 1 saturated heterocycles. The Morgan fingerprint density at radius 3 is 2.76 bits per heavy atom. The third-order valence-electron chi connectivity index (χ3n) is 4.27. The van der Waals surface area contributed by atoms with Gasteiger partial charge in [0.2, 0.25) is 0 Å². The molecule has 4 N–H and O–H groups in total. The number of nitrogens with one attached hydrogen (secondary N) is 1. The second kappa shape index (κ2) is 9.15. The van der Waals surface area contributed by atoms with Crippen LogP contribution in [0.25, 0.3) is 0 Å². The van der Waals surface area contributed by atoms with E-state index < -0.39 is 0 Å². The van der Waals surface area contributed by atoms with Gasteiger partial charge in [0.15, 0.2) is 0 Å². The van der Waals surface area contributed by atoms with Gasteiger partial charge >= 0.3 is 0 Å². The Morgan fingerprint density at radius 1 is 1.24 bits per heavy atom. The van der Waals surface area contributed by atoms with Crippen LogP contribution in [0.4, 0.5) is 0 Å². The minimum atomic E-state index is 0.301. The highest BCUT2D eigenvalue weighted by atomic mass is 16.2. The molecule has 4 nitrogen and oxygen atoms in total. The van der Waals surface area contributed by atoms with E-state index in [0.717, 1.165) is 45.6 Å². The third-order valence-corrected chi connectivity index (χ3v) is 4.27. The van der Waals surface area contributed by atoms with E-state index in [1.54, 1.807) is 0 Å². The first-order valence-corrected chi connectivity index (χ1v) is 8.12. The molecule has 1 aliphatic rings. The number of nitrogens with two attached hydrogens (primary N) is 1. The lowest BCUT2D eigenvalue weighted by Crippen LogP contribution is -2.50. The highest BCUT2D eigenvalue weighted by Crippen LogP contribution is 2.21. The Hall–Kier alpha value is -0.940. The third kappa shape index (κ3) is 5.75. The maximum absolute atomic E-state index is 9.03. The van der Waals surface area contributed by atoms with Crippen LogP contribution in [-0.2, 0) is 6.54 Å². The van der Waals surface area contributed by atoms with E-state index in [2.05, 4.69) is 40.5 Å². The van der Waals surface area contributed by atoms with Gasteiger partial charge in [-0.1, -0.05) is 30.3 Å². The number of hydrogen-bond acceptors (Lipinski definition) is 4. The standard InChI is InChI=1S/C17H29N3O/c18-8-9-20-13-16(7-4-10-21)11-17(14-20)19-12-15-5-2-1-3-6-15/h1-3,5-6,16-17,19,21H,4,7-14,18H2. The lowest BCUT2D eigenvalue weighted by molar-refractivity contribution is 0.132. The largest absolute Gasteiger partial charge is 0.396 e. The van der Waals surface area contributed by atoms with Gasteiger partial charge in [-0.2, -0.15) is 0 Å². The molecular formula is C17H29N3O. The summed E-state index contributed by atoms with van der Waals surface area (Å²) in [6.07, 6.45) is 3.22. The molecule has 2 unspecified atom stereocenters. The van der Waals surface area contributed by atoms with Crippen molar-refractivity contribution in [3.05, 3.63) is 35.9 Å². The van der Waals surface area contributed by atoms with Crippen molar-refractivity contribution in [1.82, 2.24) is 10.2 Å². The number of nitrogens with zero attached hydrogens (tertiary/aromatic N) is 1. The Balaban J connectivity index is 1.84. The number of aliphatic hydroxyl groups is 1. The van der Waals surface area contributed by atoms with E-state index in [9.17, 15) is 0 Å². The monoisotopic (exact) mass is 291 g/mol. The molecule has 1 heterocycles. The molecule has 1 aliphatic heterocycles. The van der Waals surface area contributed by atoms with Gasteiger partial charge in [-0.3, -0.25) is 0 Å². The quantitative estimate of drug-likeness (QED) is 0.673. The highest BCUT2D eigenvalue weighted by molar-refractivity contribution is 5.14. The van der Waals surface area contributed by atoms with Gasteiger partial charge < -0.3 is 21.1 Å². The minimum Gasteiger partial charge on any atom is -0.396 e. The number of piperidine rings is 1. The van der Waals surface area contributed by atoms with E-state index in [-0.39, 0.29) is 0 Å². The van der Waals surface area contributed by atoms with Crippen molar-refractivity contribution >= 4 is 0 Å². The predicted molar refractivity (Wildman–Crippen MR) is 87.0 cm³/mol. The van der Waals surface area contributed by atoms with Crippen LogP contribution in [-0.4, -0.2) is 48.8 Å². The molecule has 1 aromatic carbocycles. The Morgan fingerprint density at radius 2 is 2.05 bits per heavy atom. The smallest absolute Gasteiger partial charge is 0.0431 e. The predicted octanol–water partition coefficient (Wildman–Crippen LogP) is 1.20. The lowest BCUT2D eigenvalue weighted by atomic mass is 9.90. The number of rotatable bonds is 8. The van der Waals surface area contributed by atoms with Crippen LogP contribution in [0.2, 0.25) is 0 Å². The zero-order chi connectivity index (χ0) is 14.9. The summed E-state index contributed by atoms with van der Waals surface area (Å²) in [4.78, 5) is 2.47. The molecule has 2 atom stereocenters. The molecule has 0 aromatic heterocycles.